The molecule has 0 fully saturated rings. The molecule has 4 rings (SSSR count). The van der Waals surface area contributed by atoms with Crippen LogP contribution in [0.2, 0.25) is 0 Å². The minimum atomic E-state index is -0.465. The van der Waals surface area contributed by atoms with E-state index in [1.54, 1.807) is 34.5 Å². The lowest BCUT2D eigenvalue weighted by molar-refractivity contribution is 0.102. The zero-order valence-electron chi connectivity index (χ0n) is 16.1. The van der Waals surface area contributed by atoms with Crippen LogP contribution in [0.1, 0.15) is 30.2 Å². The highest BCUT2D eigenvalue weighted by Crippen LogP contribution is 2.28. The van der Waals surface area contributed by atoms with Crippen molar-refractivity contribution >= 4 is 22.4 Å². The molecule has 0 aliphatic carbocycles. The highest BCUT2D eigenvalue weighted by atomic mass is 32.1. The van der Waals surface area contributed by atoms with Crippen LogP contribution >= 0.6 is 11.3 Å². The van der Waals surface area contributed by atoms with Crippen LogP contribution in [0.4, 0.5) is 13.9 Å². The fourth-order valence-electron chi connectivity index (χ4n) is 2.83. The van der Waals surface area contributed by atoms with E-state index in [2.05, 4.69) is 20.4 Å². The van der Waals surface area contributed by atoms with Crippen molar-refractivity contribution in [2.45, 2.75) is 19.9 Å². The third-order valence-electron chi connectivity index (χ3n) is 4.34. The van der Waals surface area contributed by atoms with Crippen LogP contribution < -0.4 is 5.32 Å². The zero-order valence-corrected chi connectivity index (χ0v) is 17.0. The van der Waals surface area contributed by atoms with E-state index in [0.717, 1.165) is 0 Å². The molecule has 4 aromatic rings. The molecule has 9 heteroatoms. The van der Waals surface area contributed by atoms with Gasteiger partial charge in [0.15, 0.2) is 5.13 Å². The van der Waals surface area contributed by atoms with Crippen LogP contribution in [0.5, 0.6) is 0 Å². The molecule has 6 nitrogen and oxygen atoms in total. The van der Waals surface area contributed by atoms with Gasteiger partial charge in [-0.1, -0.05) is 12.1 Å². The number of nitrogens with zero attached hydrogens (tertiary/aromatic N) is 4. The van der Waals surface area contributed by atoms with Crippen molar-refractivity contribution in [3.05, 3.63) is 71.4 Å². The molecule has 0 aliphatic rings. The Bertz CT molecular complexity index is 1220. The summed E-state index contributed by atoms with van der Waals surface area (Å²) in [7, 11) is 0. The number of carbonyl (C=O) groups is 1. The first-order valence-corrected chi connectivity index (χ1v) is 10.0. The Hall–Kier alpha value is -3.46. The second-order valence-corrected chi connectivity index (χ2v) is 7.65. The number of nitrogens with one attached hydrogen (secondary N) is 1. The van der Waals surface area contributed by atoms with Gasteiger partial charge in [0.25, 0.3) is 5.91 Å². The molecule has 0 saturated carbocycles. The summed E-state index contributed by atoms with van der Waals surface area (Å²) >= 11 is 1.18. The normalized spacial score (nSPS) is 11.1. The molecule has 3 heterocycles. The number of hydrogen-bond donors (Lipinski definition) is 1. The average Bonchev–Trinajstić information content (AvgIpc) is 3.36. The Morgan fingerprint density at radius 3 is 2.70 bits per heavy atom. The van der Waals surface area contributed by atoms with Crippen molar-refractivity contribution in [3.8, 4) is 22.6 Å². The number of halogens is 2. The molecule has 0 aliphatic heterocycles. The van der Waals surface area contributed by atoms with Crippen LogP contribution in [0.3, 0.4) is 0 Å². The van der Waals surface area contributed by atoms with E-state index in [1.807, 2.05) is 13.8 Å². The molecule has 152 valence electrons. The highest BCUT2D eigenvalue weighted by molar-refractivity contribution is 7.14. The number of anilines is 1. The molecule has 0 spiro atoms. The summed E-state index contributed by atoms with van der Waals surface area (Å²) in [6.07, 6.45) is 2.94. The van der Waals surface area contributed by atoms with Gasteiger partial charge >= 0.3 is 0 Å². The molecular formula is C21H17F2N5OS. The van der Waals surface area contributed by atoms with Crippen LogP contribution in [-0.4, -0.2) is 25.7 Å². The lowest BCUT2D eigenvalue weighted by Crippen LogP contribution is -2.12. The van der Waals surface area contributed by atoms with Crippen LogP contribution in [-0.2, 0) is 0 Å². The van der Waals surface area contributed by atoms with Crippen molar-refractivity contribution in [2.24, 2.45) is 0 Å². The van der Waals surface area contributed by atoms with Gasteiger partial charge in [-0.25, -0.2) is 13.8 Å². The van der Waals surface area contributed by atoms with Gasteiger partial charge in [-0.15, -0.1) is 11.3 Å². The lowest BCUT2D eigenvalue weighted by Gasteiger charge is -2.04. The molecule has 0 bridgehead atoms. The van der Waals surface area contributed by atoms with E-state index in [4.69, 9.17) is 0 Å². The van der Waals surface area contributed by atoms with Gasteiger partial charge in [-0.05, 0) is 32.0 Å². The van der Waals surface area contributed by atoms with Crippen molar-refractivity contribution in [3.63, 3.8) is 0 Å². The minimum Gasteiger partial charge on any atom is -0.298 e. The maximum absolute atomic E-state index is 14.4. The first kappa shape index (κ1) is 19.8. The number of amides is 1. The summed E-state index contributed by atoms with van der Waals surface area (Å²) in [5, 5.41) is 9.12. The molecule has 0 unspecified atom stereocenters. The molecule has 0 atom stereocenters. The van der Waals surface area contributed by atoms with Gasteiger partial charge < -0.3 is 0 Å². The predicted molar refractivity (Wildman–Crippen MR) is 111 cm³/mol. The minimum absolute atomic E-state index is 0.0115. The fourth-order valence-corrected chi connectivity index (χ4v) is 3.53. The first-order valence-electron chi connectivity index (χ1n) is 9.15. The Labute approximate surface area is 175 Å². The second kappa shape index (κ2) is 8.11. The van der Waals surface area contributed by atoms with E-state index in [0.29, 0.717) is 16.5 Å². The van der Waals surface area contributed by atoms with Gasteiger partial charge in [-0.2, -0.15) is 5.10 Å². The summed E-state index contributed by atoms with van der Waals surface area (Å²) < 4.78 is 29.4. The summed E-state index contributed by atoms with van der Waals surface area (Å²) in [5.74, 6) is -1.35. The highest BCUT2D eigenvalue weighted by Gasteiger charge is 2.22. The predicted octanol–water partition coefficient (Wildman–Crippen LogP) is 5.18. The summed E-state index contributed by atoms with van der Waals surface area (Å²) in [4.78, 5) is 21.3. The number of benzene rings is 1. The van der Waals surface area contributed by atoms with Crippen molar-refractivity contribution in [2.75, 3.05) is 5.32 Å². The molecule has 3 aromatic heterocycles. The first-order chi connectivity index (χ1) is 14.4. The zero-order chi connectivity index (χ0) is 21.3. The monoisotopic (exact) mass is 425 g/mol. The number of aromatic nitrogens is 4. The maximum atomic E-state index is 14.4. The lowest BCUT2D eigenvalue weighted by atomic mass is 10.1. The topological polar surface area (TPSA) is 72.7 Å². The Kier molecular flexibility index (Phi) is 5.37. The molecule has 30 heavy (non-hydrogen) atoms. The molecule has 0 saturated heterocycles. The molecule has 1 amide bonds. The Balaban J connectivity index is 1.65. The standard InChI is InChI=1S/C21H17F2N5OS/c1-12(2)28-10-15(19(27-28)14-5-3-4-6-16(14)23)20(29)26-21-25-18(11-30-21)17-9-13(22)7-8-24-17/h3-12H,1-2H3,(H,25,26,29). The van der Waals surface area contributed by atoms with Crippen LogP contribution in [0.25, 0.3) is 22.6 Å². The van der Waals surface area contributed by atoms with Gasteiger partial charge in [0.1, 0.15) is 23.0 Å². The largest absolute Gasteiger partial charge is 0.298 e. The van der Waals surface area contributed by atoms with E-state index < -0.39 is 17.5 Å². The molecule has 1 N–H and O–H groups in total. The van der Waals surface area contributed by atoms with Gasteiger partial charge in [-0.3, -0.25) is 19.8 Å². The Morgan fingerprint density at radius 1 is 1.17 bits per heavy atom. The summed E-state index contributed by atoms with van der Waals surface area (Å²) in [6.45, 7) is 3.83. The number of rotatable bonds is 5. The number of carbonyl (C=O) groups excluding carboxylic acids is 1. The van der Waals surface area contributed by atoms with E-state index in [1.165, 1.54) is 35.7 Å². The van der Waals surface area contributed by atoms with E-state index in [-0.39, 0.29) is 22.9 Å². The van der Waals surface area contributed by atoms with Crippen molar-refractivity contribution < 1.29 is 13.6 Å². The average molecular weight is 425 g/mol. The summed E-state index contributed by atoms with van der Waals surface area (Å²) in [5.41, 5.74) is 1.54. The number of thiazole rings is 1. The Morgan fingerprint density at radius 2 is 1.97 bits per heavy atom. The van der Waals surface area contributed by atoms with Crippen molar-refractivity contribution in [1.82, 2.24) is 19.7 Å². The molecule has 1 aromatic carbocycles. The van der Waals surface area contributed by atoms with Gasteiger partial charge in [0.2, 0.25) is 0 Å². The quantitative estimate of drug-likeness (QED) is 0.478. The van der Waals surface area contributed by atoms with Crippen LogP contribution in [0, 0.1) is 11.6 Å². The van der Waals surface area contributed by atoms with Gasteiger partial charge in [0, 0.05) is 35.4 Å². The van der Waals surface area contributed by atoms with Gasteiger partial charge in [0.05, 0.1) is 11.3 Å². The number of hydrogen-bond acceptors (Lipinski definition) is 5. The third-order valence-corrected chi connectivity index (χ3v) is 5.10. The maximum Gasteiger partial charge on any atom is 0.261 e. The second-order valence-electron chi connectivity index (χ2n) is 6.80. The number of pyridine rings is 1. The molecular weight excluding hydrogens is 408 g/mol. The smallest absolute Gasteiger partial charge is 0.261 e. The SMILES string of the molecule is CC(C)n1cc(C(=O)Nc2nc(-c3cc(F)ccn3)cs2)c(-c2ccccc2F)n1. The summed E-state index contributed by atoms with van der Waals surface area (Å²) in [6, 6.07) is 8.67. The van der Waals surface area contributed by atoms with E-state index >= 15 is 0 Å². The van der Waals surface area contributed by atoms with E-state index in [9.17, 15) is 13.6 Å². The van der Waals surface area contributed by atoms with Crippen molar-refractivity contribution in [1.29, 1.82) is 0 Å². The van der Waals surface area contributed by atoms with Crippen LogP contribution in [0.15, 0.2) is 54.2 Å². The molecule has 0 radical (unpaired) electrons. The third kappa shape index (κ3) is 3.97. The fraction of sp³-hybridized carbons (Fsp3) is 0.143.